The van der Waals surface area contributed by atoms with Crippen molar-refractivity contribution in [2.75, 3.05) is 19.6 Å². The molecule has 2 unspecified atom stereocenters. The van der Waals surface area contributed by atoms with Gasteiger partial charge in [-0.3, -0.25) is 0 Å². The van der Waals surface area contributed by atoms with E-state index in [1.165, 1.54) is 38.9 Å². The third-order valence-corrected chi connectivity index (χ3v) is 3.24. The molecule has 0 N–H and O–H groups in total. The average molecular weight is 199 g/mol. The minimum atomic E-state index is 0.845. The van der Waals surface area contributed by atoms with Crippen molar-refractivity contribution in [2.24, 2.45) is 11.8 Å². The molecule has 1 nitrogen and oxygen atoms in total. The van der Waals surface area contributed by atoms with Crippen LogP contribution in [0, 0.1) is 11.8 Å². The topological polar surface area (TPSA) is 3.24 Å². The predicted molar refractivity (Wildman–Crippen MR) is 65.6 cm³/mol. The van der Waals surface area contributed by atoms with Crippen molar-refractivity contribution >= 4 is 0 Å². The van der Waals surface area contributed by atoms with Gasteiger partial charge in [-0.25, -0.2) is 0 Å². The Morgan fingerprint density at radius 1 is 0.857 bits per heavy atom. The van der Waals surface area contributed by atoms with Crippen molar-refractivity contribution in [3.05, 3.63) is 0 Å². The second-order valence-corrected chi connectivity index (χ2v) is 4.66. The first-order valence-corrected chi connectivity index (χ1v) is 6.37. The highest BCUT2D eigenvalue weighted by molar-refractivity contribution is 4.66. The number of hydrogen-bond acceptors (Lipinski definition) is 1. The predicted octanol–water partition coefficient (Wildman–Crippen LogP) is 3.79. The van der Waals surface area contributed by atoms with Gasteiger partial charge >= 0.3 is 0 Å². The molecule has 0 aliphatic heterocycles. The molecular formula is C13H29N. The lowest BCUT2D eigenvalue weighted by Gasteiger charge is -2.27. The van der Waals surface area contributed by atoms with Crippen molar-refractivity contribution in [3.63, 3.8) is 0 Å². The summed E-state index contributed by atoms with van der Waals surface area (Å²) in [7, 11) is 0. The summed E-state index contributed by atoms with van der Waals surface area (Å²) in [5.74, 6) is 1.71. The Hall–Kier alpha value is -0.0400. The van der Waals surface area contributed by atoms with Gasteiger partial charge in [0.05, 0.1) is 0 Å². The minimum absolute atomic E-state index is 0.845. The van der Waals surface area contributed by atoms with Crippen molar-refractivity contribution in [1.29, 1.82) is 0 Å². The Morgan fingerprint density at radius 3 is 1.71 bits per heavy atom. The molecule has 0 heterocycles. The molecule has 0 aromatic heterocycles. The lowest BCUT2D eigenvalue weighted by molar-refractivity contribution is 0.204. The first kappa shape index (κ1) is 14.0. The SMILES string of the molecule is CCCN(CCC)CC(C)C(C)CC. The molecule has 1 heteroatoms. The van der Waals surface area contributed by atoms with Gasteiger partial charge in [0, 0.05) is 6.54 Å². The Labute approximate surface area is 90.9 Å². The number of rotatable bonds is 8. The van der Waals surface area contributed by atoms with Gasteiger partial charge in [0.1, 0.15) is 0 Å². The second-order valence-electron chi connectivity index (χ2n) is 4.66. The molecule has 0 saturated heterocycles. The minimum Gasteiger partial charge on any atom is -0.303 e. The van der Waals surface area contributed by atoms with E-state index in [1.54, 1.807) is 0 Å². The summed E-state index contributed by atoms with van der Waals surface area (Å²) in [6.45, 7) is 15.4. The molecule has 14 heavy (non-hydrogen) atoms. The third kappa shape index (κ3) is 5.64. The van der Waals surface area contributed by atoms with E-state index in [2.05, 4.69) is 39.5 Å². The van der Waals surface area contributed by atoms with Gasteiger partial charge in [-0.05, 0) is 37.8 Å². The quantitative estimate of drug-likeness (QED) is 0.575. The van der Waals surface area contributed by atoms with Crippen LogP contribution >= 0.6 is 0 Å². The Bertz CT molecular complexity index is 116. The second kappa shape index (κ2) is 8.28. The Morgan fingerprint density at radius 2 is 1.36 bits per heavy atom. The van der Waals surface area contributed by atoms with Crippen LogP contribution in [0.1, 0.15) is 53.9 Å². The maximum atomic E-state index is 2.62. The zero-order valence-corrected chi connectivity index (χ0v) is 10.8. The van der Waals surface area contributed by atoms with E-state index in [4.69, 9.17) is 0 Å². The van der Waals surface area contributed by atoms with Crippen LogP contribution in [0.25, 0.3) is 0 Å². The van der Waals surface area contributed by atoms with Gasteiger partial charge in [0.25, 0.3) is 0 Å². The summed E-state index contributed by atoms with van der Waals surface area (Å²) < 4.78 is 0. The molecule has 0 aromatic carbocycles. The molecule has 0 radical (unpaired) electrons. The van der Waals surface area contributed by atoms with E-state index in [9.17, 15) is 0 Å². The molecule has 0 aliphatic carbocycles. The van der Waals surface area contributed by atoms with Crippen molar-refractivity contribution in [3.8, 4) is 0 Å². The van der Waals surface area contributed by atoms with Crippen LogP contribution < -0.4 is 0 Å². The largest absolute Gasteiger partial charge is 0.303 e. The maximum Gasteiger partial charge on any atom is 0.000956 e. The zero-order valence-electron chi connectivity index (χ0n) is 10.8. The molecule has 0 fully saturated rings. The fourth-order valence-electron chi connectivity index (χ4n) is 1.92. The first-order chi connectivity index (χ1) is 6.65. The highest BCUT2D eigenvalue weighted by Gasteiger charge is 2.13. The Kier molecular flexibility index (Phi) is 8.26. The van der Waals surface area contributed by atoms with E-state index in [0.29, 0.717) is 0 Å². The van der Waals surface area contributed by atoms with E-state index in [-0.39, 0.29) is 0 Å². The highest BCUT2D eigenvalue weighted by Crippen LogP contribution is 2.16. The van der Waals surface area contributed by atoms with E-state index >= 15 is 0 Å². The van der Waals surface area contributed by atoms with Gasteiger partial charge in [-0.15, -0.1) is 0 Å². The van der Waals surface area contributed by atoms with Crippen LogP contribution in [0.4, 0.5) is 0 Å². The molecule has 2 atom stereocenters. The summed E-state index contributed by atoms with van der Waals surface area (Å²) >= 11 is 0. The summed E-state index contributed by atoms with van der Waals surface area (Å²) in [4.78, 5) is 2.62. The van der Waals surface area contributed by atoms with Crippen molar-refractivity contribution in [1.82, 2.24) is 4.90 Å². The fourth-order valence-corrected chi connectivity index (χ4v) is 1.92. The lowest BCUT2D eigenvalue weighted by atomic mass is 9.93. The molecular weight excluding hydrogens is 170 g/mol. The van der Waals surface area contributed by atoms with Gasteiger partial charge in [-0.1, -0.05) is 41.0 Å². The van der Waals surface area contributed by atoms with Gasteiger partial charge in [0.2, 0.25) is 0 Å². The molecule has 86 valence electrons. The van der Waals surface area contributed by atoms with Crippen molar-refractivity contribution in [2.45, 2.75) is 53.9 Å². The molecule has 0 saturated carbocycles. The van der Waals surface area contributed by atoms with Crippen LogP contribution in [-0.4, -0.2) is 24.5 Å². The normalized spacial score (nSPS) is 15.9. The summed E-state index contributed by atoms with van der Waals surface area (Å²) in [6.07, 6.45) is 3.88. The summed E-state index contributed by atoms with van der Waals surface area (Å²) in [5, 5.41) is 0. The van der Waals surface area contributed by atoms with E-state index < -0.39 is 0 Å². The average Bonchev–Trinajstić information content (AvgIpc) is 2.17. The maximum absolute atomic E-state index is 2.62. The summed E-state index contributed by atoms with van der Waals surface area (Å²) in [5.41, 5.74) is 0. The van der Waals surface area contributed by atoms with Crippen LogP contribution in [0.3, 0.4) is 0 Å². The smallest absolute Gasteiger partial charge is 0.000956 e. The van der Waals surface area contributed by atoms with Gasteiger partial charge in [-0.2, -0.15) is 0 Å². The third-order valence-electron chi connectivity index (χ3n) is 3.24. The molecule has 0 bridgehead atoms. The highest BCUT2D eigenvalue weighted by atomic mass is 15.1. The van der Waals surface area contributed by atoms with Crippen LogP contribution in [0.15, 0.2) is 0 Å². The van der Waals surface area contributed by atoms with E-state index in [0.717, 1.165) is 11.8 Å². The zero-order chi connectivity index (χ0) is 11.0. The fraction of sp³-hybridized carbons (Fsp3) is 1.00. The van der Waals surface area contributed by atoms with Crippen LogP contribution in [-0.2, 0) is 0 Å². The van der Waals surface area contributed by atoms with Crippen molar-refractivity contribution < 1.29 is 0 Å². The summed E-state index contributed by atoms with van der Waals surface area (Å²) in [6, 6.07) is 0. The molecule has 0 aliphatic rings. The Balaban J connectivity index is 3.87. The molecule has 0 amide bonds. The molecule has 0 spiro atoms. The lowest BCUT2D eigenvalue weighted by Crippen LogP contribution is -2.32. The van der Waals surface area contributed by atoms with Crippen LogP contribution in [0.2, 0.25) is 0 Å². The number of nitrogens with zero attached hydrogens (tertiary/aromatic N) is 1. The standard InChI is InChI=1S/C13H29N/c1-6-9-14(10-7-2)11-13(5)12(4)8-3/h12-13H,6-11H2,1-5H3. The van der Waals surface area contributed by atoms with Crippen LogP contribution in [0.5, 0.6) is 0 Å². The number of hydrogen-bond donors (Lipinski definition) is 0. The monoisotopic (exact) mass is 199 g/mol. The van der Waals surface area contributed by atoms with E-state index in [1.807, 2.05) is 0 Å². The molecule has 0 rings (SSSR count). The molecule has 0 aromatic rings. The van der Waals surface area contributed by atoms with Gasteiger partial charge < -0.3 is 4.90 Å². The van der Waals surface area contributed by atoms with Gasteiger partial charge in [0.15, 0.2) is 0 Å². The first-order valence-electron chi connectivity index (χ1n) is 6.37.